The molecule has 1 aliphatic rings. The Balaban J connectivity index is 1.27. The minimum Gasteiger partial charge on any atom is -0.454 e. The highest BCUT2D eigenvalue weighted by atomic mass is 32.2. The molecule has 2 aromatic heterocycles. The van der Waals surface area contributed by atoms with Gasteiger partial charge in [0.25, 0.3) is 5.91 Å². The highest BCUT2D eigenvalue weighted by molar-refractivity contribution is 7.98. The van der Waals surface area contributed by atoms with Gasteiger partial charge >= 0.3 is 0 Å². The second-order valence-electron chi connectivity index (χ2n) is 7.34. The molecule has 0 fully saturated rings. The zero-order chi connectivity index (χ0) is 22.6. The minimum absolute atomic E-state index is 0.111. The summed E-state index contributed by atoms with van der Waals surface area (Å²) in [6, 6.07) is 17.4. The van der Waals surface area contributed by atoms with Crippen LogP contribution in [0.15, 0.2) is 65.1 Å². The van der Waals surface area contributed by atoms with Crippen molar-refractivity contribution in [3.63, 3.8) is 0 Å². The zero-order valence-corrected chi connectivity index (χ0v) is 19.6. The van der Waals surface area contributed by atoms with Crippen molar-refractivity contribution in [2.24, 2.45) is 0 Å². The monoisotopic (exact) mass is 478 g/mol. The van der Waals surface area contributed by atoms with E-state index in [-0.39, 0.29) is 12.7 Å². The molecule has 1 aliphatic heterocycles. The molecule has 0 unspecified atom stereocenters. The molecule has 2 aromatic carbocycles. The largest absolute Gasteiger partial charge is 0.454 e. The van der Waals surface area contributed by atoms with Crippen molar-refractivity contribution in [3.05, 3.63) is 76.7 Å². The minimum atomic E-state index is -0.111. The van der Waals surface area contributed by atoms with E-state index in [0.717, 1.165) is 39.3 Å². The van der Waals surface area contributed by atoms with E-state index in [1.165, 1.54) is 0 Å². The molecule has 0 spiro atoms. The Labute approximate surface area is 199 Å². The van der Waals surface area contributed by atoms with E-state index in [4.69, 9.17) is 9.47 Å². The number of nitrogens with zero attached hydrogens (tertiary/aromatic N) is 3. The molecule has 0 saturated carbocycles. The van der Waals surface area contributed by atoms with Crippen molar-refractivity contribution >= 4 is 29.0 Å². The lowest BCUT2D eigenvalue weighted by Crippen LogP contribution is -2.23. The summed E-state index contributed by atoms with van der Waals surface area (Å²) in [5.41, 5.74) is 2.57. The van der Waals surface area contributed by atoms with Gasteiger partial charge in [-0.15, -0.1) is 21.5 Å². The van der Waals surface area contributed by atoms with Crippen LogP contribution in [0, 0.1) is 0 Å². The smallest absolute Gasteiger partial charge is 0.251 e. The lowest BCUT2D eigenvalue weighted by molar-refractivity contribution is 0.0950. The SMILES string of the molecule is CCn1c(SCc2ccccc2C(=O)NCc2ccc3c(c2)OCO3)nnc1-c1cccs1. The highest BCUT2D eigenvalue weighted by Gasteiger charge is 2.17. The molecule has 0 radical (unpaired) electrons. The molecule has 1 amide bonds. The third-order valence-electron chi connectivity index (χ3n) is 5.28. The summed E-state index contributed by atoms with van der Waals surface area (Å²) >= 11 is 3.24. The first-order valence-electron chi connectivity index (χ1n) is 10.6. The standard InChI is InChI=1S/C24H22N4O3S2/c1-2-28-22(21-8-5-11-32-21)26-27-24(28)33-14-17-6-3-4-7-18(17)23(29)25-13-16-9-10-19-20(12-16)31-15-30-19/h3-12H,2,13-15H2,1H3,(H,25,29). The quantitative estimate of drug-likeness (QED) is 0.360. The number of benzene rings is 2. The van der Waals surface area contributed by atoms with Crippen LogP contribution in [0.1, 0.15) is 28.4 Å². The van der Waals surface area contributed by atoms with Crippen LogP contribution in [0.4, 0.5) is 0 Å². The van der Waals surface area contributed by atoms with Gasteiger partial charge in [0.2, 0.25) is 6.79 Å². The highest BCUT2D eigenvalue weighted by Crippen LogP contribution is 2.32. The zero-order valence-electron chi connectivity index (χ0n) is 18.0. The van der Waals surface area contributed by atoms with E-state index in [1.54, 1.807) is 23.1 Å². The Bertz CT molecular complexity index is 1270. The number of hydrogen-bond donors (Lipinski definition) is 1. The molecule has 1 N–H and O–H groups in total. The van der Waals surface area contributed by atoms with Gasteiger partial charge in [-0.05, 0) is 47.7 Å². The number of thiophene rings is 1. The van der Waals surface area contributed by atoms with Crippen LogP contribution in [0.3, 0.4) is 0 Å². The molecule has 0 bridgehead atoms. The summed E-state index contributed by atoms with van der Waals surface area (Å²) in [5.74, 6) is 2.83. The molecular weight excluding hydrogens is 456 g/mol. The number of rotatable bonds is 8. The second-order valence-corrected chi connectivity index (χ2v) is 9.23. The summed E-state index contributed by atoms with van der Waals surface area (Å²) < 4.78 is 12.9. The van der Waals surface area contributed by atoms with E-state index >= 15 is 0 Å². The van der Waals surface area contributed by atoms with Crippen molar-refractivity contribution in [1.29, 1.82) is 0 Å². The van der Waals surface area contributed by atoms with Crippen LogP contribution < -0.4 is 14.8 Å². The Morgan fingerprint density at radius 3 is 2.85 bits per heavy atom. The average molecular weight is 479 g/mol. The maximum atomic E-state index is 13.0. The first-order valence-corrected chi connectivity index (χ1v) is 12.4. The van der Waals surface area contributed by atoms with E-state index in [0.29, 0.717) is 23.6 Å². The van der Waals surface area contributed by atoms with Crippen molar-refractivity contribution < 1.29 is 14.3 Å². The van der Waals surface area contributed by atoms with Gasteiger partial charge < -0.3 is 19.4 Å². The second kappa shape index (κ2) is 9.68. The Hall–Kier alpha value is -3.30. The number of thioether (sulfide) groups is 1. The van der Waals surface area contributed by atoms with E-state index < -0.39 is 0 Å². The number of amides is 1. The predicted molar refractivity (Wildman–Crippen MR) is 129 cm³/mol. The number of aromatic nitrogens is 3. The Kier molecular flexibility index (Phi) is 6.32. The van der Waals surface area contributed by atoms with Crippen LogP contribution in [0.2, 0.25) is 0 Å². The van der Waals surface area contributed by atoms with Gasteiger partial charge in [-0.25, -0.2) is 0 Å². The van der Waals surface area contributed by atoms with Crippen molar-refractivity contribution in [2.45, 2.75) is 30.9 Å². The van der Waals surface area contributed by atoms with Gasteiger partial charge in [-0.3, -0.25) is 4.79 Å². The van der Waals surface area contributed by atoms with Crippen LogP contribution in [0.25, 0.3) is 10.7 Å². The van der Waals surface area contributed by atoms with Crippen molar-refractivity contribution in [1.82, 2.24) is 20.1 Å². The van der Waals surface area contributed by atoms with Crippen molar-refractivity contribution in [3.8, 4) is 22.2 Å². The fraction of sp³-hybridized carbons (Fsp3) is 0.208. The van der Waals surface area contributed by atoms with Gasteiger partial charge in [0.1, 0.15) is 0 Å². The molecular formula is C24H22N4O3S2. The van der Waals surface area contributed by atoms with Gasteiger partial charge in [-0.2, -0.15) is 0 Å². The number of nitrogens with one attached hydrogen (secondary N) is 1. The third kappa shape index (κ3) is 4.60. The predicted octanol–water partition coefficient (Wildman–Crippen LogP) is 4.98. The maximum Gasteiger partial charge on any atom is 0.251 e. The summed E-state index contributed by atoms with van der Waals surface area (Å²) in [7, 11) is 0. The molecule has 0 saturated heterocycles. The molecule has 0 aliphatic carbocycles. The molecule has 0 atom stereocenters. The van der Waals surface area contributed by atoms with Gasteiger partial charge in [-0.1, -0.05) is 42.1 Å². The topological polar surface area (TPSA) is 78.3 Å². The summed E-state index contributed by atoms with van der Waals surface area (Å²) in [6.07, 6.45) is 0. The Morgan fingerprint density at radius 1 is 1.12 bits per heavy atom. The van der Waals surface area contributed by atoms with Crippen LogP contribution in [-0.4, -0.2) is 27.5 Å². The first kappa shape index (κ1) is 21.5. The molecule has 7 nitrogen and oxygen atoms in total. The Morgan fingerprint density at radius 2 is 2.00 bits per heavy atom. The summed E-state index contributed by atoms with van der Waals surface area (Å²) in [5, 5.41) is 14.7. The third-order valence-corrected chi connectivity index (χ3v) is 7.16. The van der Waals surface area contributed by atoms with Crippen molar-refractivity contribution in [2.75, 3.05) is 6.79 Å². The van der Waals surface area contributed by atoms with Gasteiger partial charge in [0.15, 0.2) is 22.5 Å². The lowest BCUT2D eigenvalue weighted by Gasteiger charge is -2.11. The van der Waals surface area contributed by atoms with Gasteiger partial charge in [0, 0.05) is 24.4 Å². The number of carbonyl (C=O) groups is 1. The molecule has 3 heterocycles. The fourth-order valence-electron chi connectivity index (χ4n) is 3.61. The normalized spacial score (nSPS) is 12.2. The van der Waals surface area contributed by atoms with Crippen LogP contribution >= 0.6 is 23.1 Å². The summed E-state index contributed by atoms with van der Waals surface area (Å²) in [6.45, 7) is 3.50. The van der Waals surface area contributed by atoms with Gasteiger partial charge in [0.05, 0.1) is 4.88 Å². The number of hydrogen-bond acceptors (Lipinski definition) is 7. The number of ether oxygens (including phenoxy) is 2. The lowest BCUT2D eigenvalue weighted by atomic mass is 10.1. The molecule has 168 valence electrons. The van der Waals surface area contributed by atoms with E-state index in [2.05, 4.69) is 33.1 Å². The molecule has 9 heteroatoms. The van der Waals surface area contributed by atoms with Crippen LogP contribution in [-0.2, 0) is 18.8 Å². The molecule has 33 heavy (non-hydrogen) atoms. The van der Waals surface area contributed by atoms with E-state index in [9.17, 15) is 4.79 Å². The average Bonchev–Trinajstić information content (AvgIpc) is 3.61. The molecule has 5 rings (SSSR count). The molecule has 4 aromatic rings. The fourth-order valence-corrected chi connectivity index (χ4v) is 5.33. The number of carbonyl (C=O) groups excluding carboxylic acids is 1. The maximum absolute atomic E-state index is 13.0. The number of fused-ring (bicyclic) bond motifs is 1. The van der Waals surface area contributed by atoms with E-state index in [1.807, 2.05) is 53.9 Å². The van der Waals surface area contributed by atoms with Crippen LogP contribution in [0.5, 0.6) is 11.5 Å². The summed E-state index contributed by atoms with van der Waals surface area (Å²) in [4.78, 5) is 14.1. The first-order chi connectivity index (χ1) is 16.2.